The summed E-state index contributed by atoms with van der Waals surface area (Å²) in [5.74, 6) is -0.632. The summed E-state index contributed by atoms with van der Waals surface area (Å²) < 4.78 is 15.8. The molecule has 0 amide bonds. The molecule has 0 N–H and O–H groups in total. The number of rotatable bonds is 3. The van der Waals surface area contributed by atoms with Crippen molar-refractivity contribution in [2.24, 2.45) is 11.8 Å². The Hall–Kier alpha value is -4.37. The molecule has 38 heavy (non-hydrogen) atoms. The molecule has 2 heterocycles. The van der Waals surface area contributed by atoms with E-state index in [0.29, 0.717) is 5.56 Å². The highest BCUT2D eigenvalue weighted by molar-refractivity contribution is 6.02. The molecule has 0 saturated carbocycles. The van der Waals surface area contributed by atoms with E-state index in [4.69, 9.17) is 5.10 Å². The van der Waals surface area contributed by atoms with Crippen molar-refractivity contribution >= 4 is 5.78 Å². The third kappa shape index (κ3) is 3.69. The number of aromatic nitrogens is 3. The van der Waals surface area contributed by atoms with Crippen LogP contribution in [0.2, 0.25) is 0 Å². The van der Waals surface area contributed by atoms with Crippen molar-refractivity contribution in [2.75, 3.05) is 0 Å². The van der Waals surface area contributed by atoms with E-state index in [1.165, 1.54) is 17.8 Å². The van der Waals surface area contributed by atoms with Crippen LogP contribution in [0.3, 0.4) is 0 Å². The molecule has 0 aliphatic heterocycles. The van der Waals surface area contributed by atoms with Crippen molar-refractivity contribution in [1.82, 2.24) is 14.8 Å². The molecular weight excluding hydrogens is 475 g/mol. The van der Waals surface area contributed by atoms with E-state index in [-0.39, 0.29) is 29.0 Å². The molecule has 5 nitrogen and oxygen atoms in total. The average Bonchev–Trinajstić information content (AvgIpc) is 3.32. The first-order valence-electron chi connectivity index (χ1n) is 12.9. The van der Waals surface area contributed by atoms with Gasteiger partial charge in [0.1, 0.15) is 11.9 Å². The number of halogens is 1. The molecule has 0 saturated heterocycles. The number of aryl methyl sites for hydroxylation is 1. The number of pyridine rings is 1. The number of nitriles is 1. The Balaban J connectivity index is 1.56. The van der Waals surface area contributed by atoms with Gasteiger partial charge in [-0.1, -0.05) is 61.9 Å². The van der Waals surface area contributed by atoms with Crippen LogP contribution in [0.15, 0.2) is 78.6 Å². The zero-order valence-corrected chi connectivity index (χ0v) is 21.6. The third-order valence-corrected chi connectivity index (χ3v) is 8.29. The van der Waals surface area contributed by atoms with Gasteiger partial charge in [0.05, 0.1) is 28.8 Å². The van der Waals surface area contributed by atoms with Crippen molar-refractivity contribution in [3.63, 3.8) is 0 Å². The largest absolute Gasteiger partial charge is 0.293 e. The number of benzene rings is 2. The van der Waals surface area contributed by atoms with Gasteiger partial charge in [0.2, 0.25) is 0 Å². The molecule has 2 aromatic carbocycles. The lowest BCUT2D eigenvalue weighted by atomic mass is 9.57. The van der Waals surface area contributed by atoms with Gasteiger partial charge in [0, 0.05) is 34.2 Å². The Morgan fingerprint density at radius 3 is 2.45 bits per heavy atom. The second-order valence-electron chi connectivity index (χ2n) is 10.6. The number of allylic oxidation sites excluding steroid dienone is 2. The van der Waals surface area contributed by atoms with Gasteiger partial charge in [-0.15, -0.1) is 0 Å². The fourth-order valence-corrected chi connectivity index (χ4v) is 6.34. The number of fused-ring (bicyclic) bond motifs is 3. The summed E-state index contributed by atoms with van der Waals surface area (Å²) in [6, 6.07) is 19.8. The van der Waals surface area contributed by atoms with Crippen LogP contribution in [0.5, 0.6) is 0 Å². The zero-order valence-electron chi connectivity index (χ0n) is 21.6. The molecule has 3 atom stereocenters. The lowest BCUT2D eigenvalue weighted by Crippen LogP contribution is -2.46. The molecular formula is C32H27FN4O. The molecule has 0 unspecified atom stereocenters. The highest BCUT2D eigenvalue weighted by Crippen LogP contribution is 2.52. The van der Waals surface area contributed by atoms with Crippen LogP contribution in [0.25, 0.3) is 28.1 Å². The number of nitrogens with zero attached hydrogens (tertiary/aromatic N) is 4. The van der Waals surface area contributed by atoms with Crippen molar-refractivity contribution < 1.29 is 9.18 Å². The van der Waals surface area contributed by atoms with Crippen molar-refractivity contribution in [3.8, 4) is 34.1 Å². The highest BCUT2D eigenvalue weighted by Gasteiger charge is 2.50. The van der Waals surface area contributed by atoms with E-state index in [0.717, 1.165) is 46.6 Å². The maximum atomic E-state index is 13.8. The first kappa shape index (κ1) is 24.0. The minimum Gasteiger partial charge on any atom is -0.293 e. The van der Waals surface area contributed by atoms with Crippen LogP contribution in [0, 0.1) is 35.9 Å². The third-order valence-electron chi connectivity index (χ3n) is 8.29. The van der Waals surface area contributed by atoms with Crippen LogP contribution in [0.1, 0.15) is 37.1 Å². The number of hydrogen-bond acceptors (Lipinski definition) is 4. The zero-order chi connectivity index (χ0) is 26.6. The number of carbonyl (C=O) groups excluding carboxylic acids is 1. The Bertz CT molecular complexity index is 1640. The Labute approximate surface area is 221 Å². The SMILES string of the molecule is Cc1ccc(-c2nn(-c3ccc(-c4cncc(F)c4)cc3)c3c2CC[C@@H]2[C@@H](C)C(=O)C(C#N)=C[C@@]32C)cc1. The smallest absolute Gasteiger partial charge is 0.176 e. The Kier molecular flexibility index (Phi) is 5.61. The van der Waals surface area contributed by atoms with E-state index in [2.05, 4.69) is 49.2 Å². The molecule has 188 valence electrons. The van der Waals surface area contributed by atoms with Gasteiger partial charge in [0.15, 0.2) is 5.78 Å². The summed E-state index contributed by atoms with van der Waals surface area (Å²) in [4.78, 5) is 16.9. The van der Waals surface area contributed by atoms with Gasteiger partial charge in [-0.3, -0.25) is 9.78 Å². The summed E-state index contributed by atoms with van der Waals surface area (Å²) in [5, 5.41) is 14.9. The number of ketones is 1. The van der Waals surface area contributed by atoms with Gasteiger partial charge in [-0.2, -0.15) is 10.4 Å². The number of Topliss-reactive ketones (excluding diaryl/α,β-unsaturated/α-hetero) is 1. The maximum Gasteiger partial charge on any atom is 0.176 e. The van der Waals surface area contributed by atoms with E-state index in [1.807, 2.05) is 41.9 Å². The molecule has 6 rings (SSSR count). The first-order valence-corrected chi connectivity index (χ1v) is 12.9. The lowest BCUT2D eigenvalue weighted by Gasteiger charge is -2.45. The predicted octanol–water partition coefficient (Wildman–Crippen LogP) is 6.54. The van der Waals surface area contributed by atoms with Crippen LogP contribution in [-0.2, 0) is 16.6 Å². The Morgan fingerprint density at radius 1 is 1.05 bits per heavy atom. The van der Waals surface area contributed by atoms with Gasteiger partial charge >= 0.3 is 0 Å². The van der Waals surface area contributed by atoms with Crippen molar-refractivity contribution in [2.45, 2.75) is 39.0 Å². The van der Waals surface area contributed by atoms with Crippen LogP contribution < -0.4 is 0 Å². The predicted molar refractivity (Wildman–Crippen MR) is 144 cm³/mol. The molecule has 0 fully saturated rings. The minimum atomic E-state index is -0.535. The quantitative estimate of drug-likeness (QED) is 0.319. The Morgan fingerprint density at radius 2 is 1.76 bits per heavy atom. The van der Waals surface area contributed by atoms with Gasteiger partial charge in [0.25, 0.3) is 0 Å². The van der Waals surface area contributed by atoms with Crippen LogP contribution in [-0.4, -0.2) is 20.5 Å². The monoisotopic (exact) mass is 502 g/mol. The molecule has 4 aromatic rings. The van der Waals surface area contributed by atoms with Crippen molar-refractivity contribution in [3.05, 3.63) is 101 Å². The summed E-state index contributed by atoms with van der Waals surface area (Å²) >= 11 is 0. The summed E-state index contributed by atoms with van der Waals surface area (Å²) in [6.45, 7) is 6.15. The second kappa shape index (κ2) is 8.88. The minimum absolute atomic E-state index is 0.0681. The molecule has 0 spiro atoms. The molecule has 2 aliphatic carbocycles. The van der Waals surface area contributed by atoms with E-state index in [1.54, 1.807) is 6.20 Å². The molecule has 2 aliphatic rings. The average molecular weight is 503 g/mol. The van der Waals surface area contributed by atoms with Crippen LogP contribution >= 0.6 is 0 Å². The van der Waals surface area contributed by atoms with Crippen molar-refractivity contribution in [1.29, 1.82) is 5.26 Å². The number of carbonyl (C=O) groups is 1. The summed E-state index contributed by atoms with van der Waals surface area (Å²) in [7, 11) is 0. The van der Waals surface area contributed by atoms with E-state index >= 15 is 0 Å². The highest BCUT2D eigenvalue weighted by atomic mass is 19.1. The van der Waals surface area contributed by atoms with Gasteiger partial charge in [-0.25, -0.2) is 9.07 Å². The summed E-state index contributed by atoms with van der Waals surface area (Å²) in [5.41, 5.74) is 7.44. The van der Waals surface area contributed by atoms with E-state index in [9.17, 15) is 14.4 Å². The molecule has 0 bridgehead atoms. The van der Waals surface area contributed by atoms with Gasteiger partial charge in [-0.05, 0) is 49.4 Å². The molecule has 2 aromatic heterocycles. The lowest BCUT2D eigenvalue weighted by molar-refractivity contribution is -0.121. The normalized spacial score (nSPS) is 22.3. The molecule has 0 radical (unpaired) electrons. The topological polar surface area (TPSA) is 71.6 Å². The fourth-order valence-electron chi connectivity index (χ4n) is 6.34. The fraction of sp³-hybridized carbons (Fsp3) is 0.250. The number of hydrogen-bond donors (Lipinski definition) is 0. The van der Waals surface area contributed by atoms with Crippen LogP contribution in [0.4, 0.5) is 4.39 Å². The van der Waals surface area contributed by atoms with E-state index < -0.39 is 5.41 Å². The summed E-state index contributed by atoms with van der Waals surface area (Å²) in [6.07, 6.45) is 6.36. The van der Waals surface area contributed by atoms with Gasteiger partial charge < -0.3 is 0 Å². The maximum absolute atomic E-state index is 13.8. The standard InChI is InChI=1S/C32H27FN4O/c1-19-4-6-22(7-5-19)29-27-12-13-28-20(2)30(38)24(16-34)15-32(28,3)31(27)37(36-29)26-10-8-21(9-11-26)23-14-25(33)18-35-17-23/h4-11,14-15,17-18,20,28H,12-13H2,1-3H3/t20-,28-,32-/m1/s1. The molecule has 6 heteroatoms. The second-order valence-corrected chi connectivity index (χ2v) is 10.6. The first-order chi connectivity index (χ1) is 18.3.